The maximum Gasteiger partial charge on any atom is -1.00 e. The Labute approximate surface area is 213 Å². The summed E-state index contributed by atoms with van der Waals surface area (Å²) in [7, 11) is 0. The number of fused-ring (bicyclic) bond motifs is 3. The SMILES string of the molecule is CC[C](CC)=[Ti+2]([C]1=CC=CC1)[CH]1c2cc(C(C)C)ccc2-c2ccc(C(C)C)cc21.[Cl-].[Cl-]. The van der Waals surface area contributed by atoms with E-state index in [0.717, 1.165) is 0 Å². The molecule has 0 nitrogen and oxygen atoms in total. The minimum Gasteiger partial charge on any atom is -1.00 e. The van der Waals surface area contributed by atoms with Crippen molar-refractivity contribution < 1.29 is 42.2 Å². The second kappa shape index (κ2) is 11.5. The number of benzene rings is 2. The van der Waals surface area contributed by atoms with Crippen molar-refractivity contribution in [1.29, 1.82) is 0 Å². The molecule has 0 bridgehead atoms. The van der Waals surface area contributed by atoms with Crippen molar-refractivity contribution in [1.82, 2.24) is 0 Å². The molecule has 0 aromatic heterocycles. The maximum atomic E-state index is 2.57. The van der Waals surface area contributed by atoms with Gasteiger partial charge >= 0.3 is 190 Å². The average molecular weight is 503 g/mol. The number of rotatable bonds is 6. The van der Waals surface area contributed by atoms with Crippen LogP contribution in [-0.4, -0.2) is 3.81 Å². The molecule has 2 aliphatic rings. The molecule has 3 heteroatoms. The third-order valence-corrected chi connectivity index (χ3v) is 12.9. The van der Waals surface area contributed by atoms with Gasteiger partial charge in [-0.25, -0.2) is 0 Å². The largest absolute Gasteiger partial charge is 1.00 e. The third kappa shape index (κ3) is 4.95. The van der Waals surface area contributed by atoms with Crippen molar-refractivity contribution in [2.75, 3.05) is 0 Å². The Hall–Kier alpha value is -0.916. The van der Waals surface area contributed by atoms with Gasteiger partial charge in [0.1, 0.15) is 0 Å². The van der Waals surface area contributed by atoms with Crippen molar-refractivity contribution in [3.05, 3.63) is 80.8 Å². The Bertz CT molecular complexity index is 993. The van der Waals surface area contributed by atoms with Crippen molar-refractivity contribution in [3.63, 3.8) is 0 Å². The Morgan fingerprint density at radius 3 is 1.72 bits per heavy atom. The van der Waals surface area contributed by atoms with Crippen molar-refractivity contribution >= 4 is 3.81 Å². The first-order chi connectivity index (χ1) is 14.5. The molecule has 0 amide bonds. The summed E-state index contributed by atoms with van der Waals surface area (Å²) in [6.07, 6.45) is 10.8. The van der Waals surface area contributed by atoms with Gasteiger partial charge in [-0.1, -0.05) is 0 Å². The van der Waals surface area contributed by atoms with Crippen LogP contribution in [0, 0.1) is 0 Å². The fourth-order valence-corrected chi connectivity index (χ4v) is 11.0. The number of allylic oxidation sites excluding steroid dienone is 4. The van der Waals surface area contributed by atoms with Gasteiger partial charge in [0, 0.05) is 0 Å². The summed E-state index contributed by atoms with van der Waals surface area (Å²) in [5, 5.41) is 0. The zero-order chi connectivity index (χ0) is 21.4. The van der Waals surface area contributed by atoms with Gasteiger partial charge in [0.25, 0.3) is 0 Å². The molecular weight excluding hydrogens is 467 g/mol. The Morgan fingerprint density at radius 2 is 1.34 bits per heavy atom. The first-order valence-electron chi connectivity index (χ1n) is 11.8. The van der Waals surface area contributed by atoms with Crippen LogP contribution in [-0.2, 0) is 17.4 Å². The molecule has 0 atom stereocenters. The summed E-state index contributed by atoms with van der Waals surface area (Å²) in [6.45, 7) is 14.1. The Balaban J connectivity index is 0.00000181. The summed E-state index contributed by atoms with van der Waals surface area (Å²) in [5.74, 6) is 1.14. The number of hydrogen-bond acceptors (Lipinski definition) is 0. The Morgan fingerprint density at radius 1 is 0.844 bits per heavy atom. The summed E-state index contributed by atoms with van der Waals surface area (Å²) in [6, 6.07) is 14.7. The first-order valence-corrected chi connectivity index (χ1v) is 14.3. The van der Waals surface area contributed by atoms with Crippen LogP contribution < -0.4 is 24.8 Å². The molecule has 0 unspecified atom stereocenters. The minimum atomic E-state index is -1.68. The van der Waals surface area contributed by atoms with E-state index >= 15 is 0 Å². The van der Waals surface area contributed by atoms with E-state index in [1.807, 2.05) is 3.81 Å². The molecule has 0 saturated carbocycles. The van der Waals surface area contributed by atoms with Gasteiger partial charge in [0.15, 0.2) is 0 Å². The zero-order valence-electron chi connectivity index (χ0n) is 20.3. The zero-order valence-corrected chi connectivity index (χ0v) is 23.4. The molecule has 2 aromatic rings. The molecular formula is C29H36Cl2Ti. The molecule has 170 valence electrons. The van der Waals surface area contributed by atoms with Gasteiger partial charge in [0.2, 0.25) is 0 Å². The van der Waals surface area contributed by atoms with E-state index in [9.17, 15) is 0 Å². The average Bonchev–Trinajstić information content (AvgIpc) is 3.37. The molecule has 0 fully saturated rings. The van der Waals surface area contributed by atoms with Crippen LogP contribution >= 0.6 is 0 Å². The van der Waals surface area contributed by atoms with Gasteiger partial charge < -0.3 is 24.8 Å². The monoisotopic (exact) mass is 502 g/mol. The fourth-order valence-electron chi connectivity index (χ4n) is 5.22. The van der Waals surface area contributed by atoms with Gasteiger partial charge in [-0.2, -0.15) is 0 Å². The van der Waals surface area contributed by atoms with E-state index in [1.165, 1.54) is 41.5 Å². The van der Waals surface area contributed by atoms with Gasteiger partial charge in [-0.3, -0.25) is 0 Å². The van der Waals surface area contributed by atoms with Crippen LogP contribution in [0.3, 0.4) is 0 Å². The van der Waals surface area contributed by atoms with Gasteiger partial charge in [-0.05, 0) is 0 Å². The summed E-state index contributed by atoms with van der Waals surface area (Å²) >= 11 is -1.68. The minimum absolute atomic E-state index is 0. The molecule has 4 rings (SSSR count). The number of hydrogen-bond donors (Lipinski definition) is 0. The quantitative estimate of drug-likeness (QED) is 0.532. The normalized spacial score (nSPS) is 13.8. The van der Waals surface area contributed by atoms with E-state index in [4.69, 9.17) is 0 Å². The standard InChI is InChI=1S/C19H21.C5H5.C5H10.2ClH.Ti/c1-12(2)14-5-7-18-16(9-14)11-17-10-15(13(3)4)6-8-19(17)18;1-2-4-5-3-1;1-3-5-4-2;;;/h5-13H,1-4H3;1-3H,4H2;3-4H2,1-2H3;2*1H;/q;;;;;+2/p-2. The van der Waals surface area contributed by atoms with E-state index < -0.39 is 17.4 Å². The molecule has 2 aromatic carbocycles. The molecule has 0 radical (unpaired) electrons. The van der Waals surface area contributed by atoms with E-state index in [-0.39, 0.29) is 24.8 Å². The smallest absolute Gasteiger partial charge is 1.00 e. The molecule has 0 N–H and O–H groups in total. The van der Waals surface area contributed by atoms with Crippen molar-refractivity contribution in [2.24, 2.45) is 0 Å². The maximum absolute atomic E-state index is 2.57. The Kier molecular flexibility index (Phi) is 9.80. The van der Waals surface area contributed by atoms with Crippen LogP contribution in [0.1, 0.15) is 99.1 Å². The molecule has 32 heavy (non-hydrogen) atoms. The van der Waals surface area contributed by atoms with Crippen LogP contribution in [0.15, 0.2) is 58.5 Å². The van der Waals surface area contributed by atoms with Crippen LogP contribution in [0.25, 0.3) is 11.1 Å². The summed E-state index contributed by atoms with van der Waals surface area (Å²) in [4.78, 5) is 0. The second-order valence-electron chi connectivity index (χ2n) is 9.48. The molecule has 0 spiro atoms. The van der Waals surface area contributed by atoms with Gasteiger partial charge in [-0.15, -0.1) is 0 Å². The summed E-state index contributed by atoms with van der Waals surface area (Å²) in [5.41, 5.74) is 9.22. The second-order valence-corrected chi connectivity index (χ2v) is 13.8. The predicted molar refractivity (Wildman–Crippen MR) is 129 cm³/mol. The molecule has 0 saturated heterocycles. The third-order valence-electron chi connectivity index (χ3n) is 7.04. The number of halogens is 2. The van der Waals surface area contributed by atoms with Crippen LogP contribution in [0.2, 0.25) is 0 Å². The molecule has 0 aliphatic heterocycles. The van der Waals surface area contributed by atoms with Crippen molar-refractivity contribution in [2.45, 2.75) is 76.9 Å². The van der Waals surface area contributed by atoms with E-state index in [0.29, 0.717) is 16.1 Å². The fraction of sp³-hybridized carbons (Fsp3) is 0.414. The molecule has 0 heterocycles. The van der Waals surface area contributed by atoms with E-state index in [2.05, 4.69) is 96.2 Å². The summed E-state index contributed by atoms with van der Waals surface area (Å²) < 4.78 is 4.23. The molecule has 2 aliphatic carbocycles. The van der Waals surface area contributed by atoms with Crippen molar-refractivity contribution in [3.8, 4) is 11.1 Å². The van der Waals surface area contributed by atoms with Crippen LogP contribution in [0.4, 0.5) is 0 Å². The van der Waals surface area contributed by atoms with Gasteiger partial charge in [0.05, 0.1) is 0 Å². The van der Waals surface area contributed by atoms with E-state index in [1.54, 1.807) is 15.0 Å². The predicted octanol–water partition coefficient (Wildman–Crippen LogP) is 2.47. The van der Waals surface area contributed by atoms with Crippen LogP contribution in [0.5, 0.6) is 0 Å². The topological polar surface area (TPSA) is 0 Å². The first kappa shape index (κ1) is 27.3.